The van der Waals surface area contributed by atoms with Crippen LogP contribution >= 0.6 is 0 Å². The van der Waals surface area contributed by atoms with Crippen LogP contribution in [0.15, 0.2) is 59.5 Å². The zero-order chi connectivity index (χ0) is 19.1. The molecule has 4 rings (SSSR count). The molecule has 2 aromatic rings. The molecule has 0 radical (unpaired) electrons. The molecule has 1 spiro atoms. The van der Waals surface area contributed by atoms with Crippen LogP contribution in [0.5, 0.6) is 5.75 Å². The third kappa shape index (κ3) is 3.29. The van der Waals surface area contributed by atoms with Crippen molar-refractivity contribution in [3.05, 3.63) is 65.7 Å². The van der Waals surface area contributed by atoms with E-state index in [1.54, 1.807) is 32.3 Å². The number of piperidine rings is 1. The van der Waals surface area contributed by atoms with E-state index in [0.717, 1.165) is 48.4 Å². The minimum atomic E-state index is -3.51. The lowest BCUT2D eigenvalue weighted by molar-refractivity contribution is 0.0816. The Morgan fingerprint density at radius 1 is 1.04 bits per heavy atom. The fourth-order valence-electron chi connectivity index (χ4n) is 3.72. The van der Waals surface area contributed by atoms with E-state index in [2.05, 4.69) is 23.5 Å². The third-order valence-electron chi connectivity index (χ3n) is 5.28. The molecule has 6 heteroatoms. The topological polar surface area (TPSA) is 58.6 Å². The lowest BCUT2D eigenvalue weighted by Crippen LogP contribution is -2.46. The first-order valence-corrected chi connectivity index (χ1v) is 10.6. The number of ether oxygens (including phenoxy) is 1. The van der Waals surface area contributed by atoms with Crippen molar-refractivity contribution in [1.29, 1.82) is 0 Å². The summed E-state index contributed by atoms with van der Waals surface area (Å²) in [5.74, 6) is 0.746. The van der Waals surface area contributed by atoms with Gasteiger partial charge < -0.3 is 10.1 Å². The second-order valence-corrected chi connectivity index (χ2v) is 9.44. The molecule has 0 bridgehead atoms. The number of hydrogen-bond acceptors (Lipinski definition) is 4. The van der Waals surface area contributed by atoms with E-state index in [1.807, 2.05) is 18.2 Å². The minimum absolute atomic E-state index is 0.276. The van der Waals surface area contributed by atoms with Gasteiger partial charge >= 0.3 is 0 Å². The number of rotatable bonds is 3. The second-order valence-electron chi connectivity index (χ2n) is 7.29. The summed E-state index contributed by atoms with van der Waals surface area (Å²) in [6.07, 6.45) is 3.97. The summed E-state index contributed by atoms with van der Waals surface area (Å²) in [7, 11) is -0.419. The van der Waals surface area contributed by atoms with Crippen molar-refractivity contribution in [2.45, 2.75) is 23.3 Å². The van der Waals surface area contributed by atoms with Crippen molar-refractivity contribution in [2.75, 3.05) is 27.2 Å². The van der Waals surface area contributed by atoms with Crippen molar-refractivity contribution in [3.8, 4) is 5.75 Å². The molecule has 0 amide bonds. The maximum Gasteiger partial charge on any atom is 0.242 e. The molecule has 2 aliphatic heterocycles. The molecule has 0 atom stereocenters. The van der Waals surface area contributed by atoms with E-state index in [0.29, 0.717) is 0 Å². The van der Waals surface area contributed by atoms with Crippen molar-refractivity contribution in [2.24, 2.45) is 0 Å². The van der Waals surface area contributed by atoms with Gasteiger partial charge in [-0.15, -0.1) is 0 Å². The first-order valence-electron chi connectivity index (χ1n) is 9.16. The molecule has 0 aromatic heterocycles. The third-order valence-corrected chi connectivity index (χ3v) is 7.09. The van der Waals surface area contributed by atoms with Crippen LogP contribution in [0.4, 0.5) is 0 Å². The summed E-state index contributed by atoms with van der Waals surface area (Å²) in [4.78, 5) is 0.276. The van der Waals surface area contributed by atoms with Crippen LogP contribution < -0.4 is 10.1 Å². The summed E-state index contributed by atoms with van der Waals surface area (Å²) in [5.41, 5.74) is 2.59. The zero-order valence-electron chi connectivity index (χ0n) is 15.6. The quantitative estimate of drug-likeness (QED) is 0.884. The van der Waals surface area contributed by atoms with Gasteiger partial charge in [-0.3, -0.25) is 0 Å². The van der Waals surface area contributed by atoms with Crippen LogP contribution in [0.1, 0.15) is 24.0 Å². The lowest BCUT2D eigenvalue weighted by atomic mass is 9.83. The molecule has 142 valence electrons. The molecule has 27 heavy (non-hydrogen) atoms. The molecular formula is C21H24N2O3S. The standard InChI is InChI=1S/C21H24N2O3S/c1-23(2)27(24,25)17-8-9-20-18(14-17)19(16-6-4-3-5-7-16)15-21(26-20)10-12-22-13-11-21/h3-9,14-15,22H,10-13H2,1-2H3. The van der Waals surface area contributed by atoms with Gasteiger partial charge in [0.2, 0.25) is 10.0 Å². The lowest BCUT2D eigenvalue weighted by Gasteiger charge is -2.40. The highest BCUT2D eigenvalue weighted by Crippen LogP contribution is 2.43. The molecule has 0 aliphatic carbocycles. The maximum absolute atomic E-state index is 12.6. The smallest absolute Gasteiger partial charge is 0.242 e. The maximum atomic E-state index is 12.6. The number of fused-ring (bicyclic) bond motifs is 1. The van der Waals surface area contributed by atoms with Gasteiger partial charge in [-0.2, -0.15) is 0 Å². The molecular weight excluding hydrogens is 360 g/mol. The van der Waals surface area contributed by atoms with Crippen LogP contribution in [-0.4, -0.2) is 45.5 Å². The Bertz CT molecular complexity index is 976. The fraction of sp³-hybridized carbons (Fsp3) is 0.333. The molecule has 5 nitrogen and oxygen atoms in total. The summed E-state index contributed by atoms with van der Waals surface area (Å²) in [6, 6.07) is 15.3. The van der Waals surface area contributed by atoms with E-state index >= 15 is 0 Å². The molecule has 2 aromatic carbocycles. The van der Waals surface area contributed by atoms with E-state index in [4.69, 9.17) is 4.74 Å². The summed E-state index contributed by atoms with van der Waals surface area (Å²) in [5, 5.41) is 3.38. The first-order chi connectivity index (χ1) is 12.9. The van der Waals surface area contributed by atoms with Gasteiger partial charge in [-0.05, 0) is 48.5 Å². The fourth-order valence-corrected chi connectivity index (χ4v) is 4.65. The highest BCUT2D eigenvalue weighted by Gasteiger charge is 2.37. The van der Waals surface area contributed by atoms with Gasteiger partial charge in [0.15, 0.2) is 0 Å². The molecule has 2 heterocycles. The van der Waals surface area contributed by atoms with E-state index in [-0.39, 0.29) is 10.5 Å². The highest BCUT2D eigenvalue weighted by atomic mass is 32.2. The number of nitrogens with one attached hydrogen (secondary N) is 1. The Hall–Kier alpha value is -2.15. The number of hydrogen-bond donors (Lipinski definition) is 1. The molecule has 2 aliphatic rings. The predicted octanol–water partition coefficient (Wildman–Crippen LogP) is 2.88. The largest absolute Gasteiger partial charge is 0.482 e. The second kappa shape index (κ2) is 6.78. The Morgan fingerprint density at radius 3 is 2.41 bits per heavy atom. The van der Waals surface area contributed by atoms with E-state index in [1.165, 1.54) is 4.31 Å². The number of sulfonamides is 1. The van der Waals surface area contributed by atoms with Gasteiger partial charge in [0, 0.05) is 32.5 Å². The van der Waals surface area contributed by atoms with Crippen molar-refractivity contribution in [3.63, 3.8) is 0 Å². The first kappa shape index (κ1) is 18.2. The van der Waals surface area contributed by atoms with Crippen molar-refractivity contribution >= 4 is 15.6 Å². The van der Waals surface area contributed by atoms with E-state index in [9.17, 15) is 8.42 Å². The van der Waals surface area contributed by atoms with E-state index < -0.39 is 10.0 Å². The molecule has 1 N–H and O–H groups in total. The van der Waals surface area contributed by atoms with Crippen LogP contribution in [0.3, 0.4) is 0 Å². The zero-order valence-corrected chi connectivity index (χ0v) is 16.4. The Labute approximate surface area is 160 Å². The molecule has 1 saturated heterocycles. The van der Waals surface area contributed by atoms with Crippen LogP contribution in [0, 0.1) is 0 Å². The van der Waals surface area contributed by atoms with Gasteiger partial charge in [-0.25, -0.2) is 12.7 Å². The Balaban J connectivity index is 1.88. The summed E-state index contributed by atoms with van der Waals surface area (Å²) < 4.78 is 32.9. The average molecular weight is 385 g/mol. The van der Waals surface area contributed by atoms with Crippen LogP contribution in [-0.2, 0) is 10.0 Å². The van der Waals surface area contributed by atoms with Crippen molar-refractivity contribution < 1.29 is 13.2 Å². The number of nitrogens with zero attached hydrogens (tertiary/aromatic N) is 1. The van der Waals surface area contributed by atoms with Gasteiger partial charge in [-0.1, -0.05) is 30.3 Å². The SMILES string of the molecule is CN(C)S(=O)(=O)c1ccc2c(c1)C(c1ccccc1)=CC1(CCNCC1)O2. The highest BCUT2D eigenvalue weighted by molar-refractivity contribution is 7.89. The van der Waals surface area contributed by atoms with Crippen molar-refractivity contribution in [1.82, 2.24) is 9.62 Å². The Morgan fingerprint density at radius 2 is 1.74 bits per heavy atom. The summed E-state index contributed by atoms with van der Waals surface area (Å²) >= 11 is 0. The van der Waals surface area contributed by atoms with Crippen LogP contribution in [0.2, 0.25) is 0 Å². The predicted molar refractivity (Wildman–Crippen MR) is 106 cm³/mol. The Kier molecular flexibility index (Phi) is 4.58. The monoisotopic (exact) mass is 384 g/mol. The van der Waals surface area contributed by atoms with Gasteiger partial charge in [0.1, 0.15) is 11.4 Å². The molecule has 0 saturated carbocycles. The normalized spacial score (nSPS) is 18.7. The number of benzene rings is 2. The molecule has 1 fully saturated rings. The van der Waals surface area contributed by atoms with Gasteiger partial charge in [0.25, 0.3) is 0 Å². The van der Waals surface area contributed by atoms with Crippen LogP contribution in [0.25, 0.3) is 5.57 Å². The molecule has 0 unspecified atom stereocenters. The summed E-state index contributed by atoms with van der Waals surface area (Å²) in [6.45, 7) is 1.81. The van der Waals surface area contributed by atoms with Gasteiger partial charge in [0.05, 0.1) is 4.90 Å². The average Bonchev–Trinajstić information content (AvgIpc) is 2.68. The minimum Gasteiger partial charge on any atom is -0.482 e.